The predicted molar refractivity (Wildman–Crippen MR) is 49.1 cm³/mol. The number of aromatic amines is 1. The molecule has 0 radical (unpaired) electrons. The summed E-state index contributed by atoms with van der Waals surface area (Å²) in [6, 6.07) is 0. The van der Waals surface area contributed by atoms with Crippen molar-refractivity contribution in [2.75, 3.05) is 6.26 Å². The van der Waals surface area contributed by atoms with Gasteiger partial charge in [-0.2, -0.15) is 0 Å². The van der Waals surface area contributed by atoms with Crippen molar-refractivity contribution < 1.29 is 0 Å². The lowest BCUT2D eigenvalue weighted by atomic mass is 10.1. The summed E-state index contributed by atoms with van der Waals surface area (Å²) >= 11 is 1.70. The largest absolute Gasteiger partial charge is 0.337 e. The molecule has 1 rings (SSSR count). The fourth-order valence-corrected chi connectivity index (χ4v) is 1.23. The smallest absolute Gasteiger partial charge is 0.109 e. The van der Waals surface area contributed by atoms with Crippen LogP contribution in [0.2, 0.25) is 0 Å². The second-order valence-electron chi connectivity index (χ2n) is 2.65. The first-order chi connectivity index (χ1) is 5.27. The Morgan fingerprint density at radius 3 is 2.91 bits per heavy atom. The maximum absolute atomic E-state index is 4.28. The molecule has 0 fully saturated rings. The zero-order valence-electron chi connectivity index (χ0n) is 7.22. The molecule has 1 atom stereocenters. The van der Waals surface area contributed by atoms with Crippen LogP contribution in [-0.2, 0) is 0 Å². The molecule has 0 spiro atoms. The van der Waals surface area contributed by atoms with Crippen LogP contribution in [0.15, 0.2) is 11.2 Å². The van der Waals surface area contributed by atoms with E-state index in [9.17, 15) is 0 Å². The van der Waals surface area contributed by atoms with E-state index >= 15 is 0 Å². The Balaban J connectivity index is 2.71. The topological polar surface area (TPSA) is 28.7 Å². The number of H-pyrrole nitrogens is 1. The summed E-state index contributed by atoms with van der Waals surface area (Å²) in [4.78, 5) is 7.55. The van der Waals surface area contributed by atoms with Crippen LogP contribution in [0.1, 0.15) is 32.0 Å². The summed E-state index contributed by atoms with van der Waals surface area (Å²) in [5, 5.41) is 1.15. The van der Waals surface area contributed by atoms with Crippen LogP contribution in [0.5, 0.6) is 0 Å². The molecule has 0 bridgehead atoms. The van der Waals surface area contributed by atoms with Gasteiger partial charge in [0.15, 0.2) is 0 Å². The van der Waals surface area contributed by atoms with Gasteiger partial charge in [0.2, 0.25) is 0 Å². The quantitative estimate of drug-likeness (QED) is 0.706. The Bertz CT molecular complexity index is 220. The molecule has 11 heavy (non-hydrogen) atoms. The van der Waals surface area contributed by atoms with E-state index < -0.39 is 0 Å². The molecule has 1 N–H and O–H groups in total. The van der Waals surface area contributed by atoms with Crippen molar-refractivity contribution in [2.24, 2.45) is 0 Å². The average molecular weight is 170 g/mol. The zero-order valence-corrected chi connectivity index (χ0v) is 8.03. The van der Waals surface area contributed by atoms with Crippen LogP contribution in [0.4, 0.5) is 0 Å². The Labute approximate surface area is 71.8 Å². The molecule has 0 aliphatic carbocycles. The van der Waals surface area contributed by atoms with Gasteiger partial charge in [-0.05, 0) is 12.7 Å². The number of imidazole rings is 1. The van der Waals surface area contributed by atoms with Gasteiger partial charge in [0.1, 0.15) is 5.82 Å². The van der Waals surface area contributed by atoms with Gasteiger partial charge in [-0.15, -0.1) is 11.8 Å². The van der Waals surface area contributed by atoms with Crippen molar-refractivity contribution in [3.63, 3.8) is 0 Å². The molecule has 0 saturated heterocycles. The number of rotatable bonds is 3. The highest BCUT2D eigenvalue weighted by atomic mass is 32.2. The van der Waals surface area contributed by atoms with Crippen LogP contribution in [0, 0.1) is 0 Å². The van der Waals surface area contributed by atoms with E-state index in [1.807, 2.05) is 12.5 Å². The Hall–Kier alpha value is -0.440. The fraction of sp³-hybridized carbons (Fsp3) is 0.625. The van der Waals surface area contributed by atoms with Gasteiger partial charge in [-0.25, -0.2) is 4.98 Å². The van der Waals surface area contributed by atoms with Gasteiger partial charge in [0, 0.05) is 5.92 Å². The van der Waals surface area contributed by atoms with Crippen molar-refractivity contribution in [3.05, 3.63) is 12.0 Å². The molecule has 1 unspecified atom stereocenters. The number of nitrogens with one attached hydrogen (secondary N) is 1. The normalized spacial score (nSPS) is 13.4. The minimum atomic E-state index is 0.552. The van der Waals surface area contributed by atoms with Crippen LogP contribution >= 0.6 is 11.8 Å². The highest BCUT2D eigenvalue weighted by molar-refractivity contribution is 7.98. The summed E-state index contributed by atoms with van der Waals surface area (Å²) in [6.07, 6.45) is 5.08. The third-order valence-electron chi connectivity index (χ3n) is 1.87. The van der Waals surface area contributed by atoms with Crippen molar-refractivity contribution in [3.8, 4) is 0 Å². The minimum absolute atomic E-state index is 0.552. The molecule has 1 heterocycles. The number of hydrogen-bond acceptors (Lipinski definition) is 2. The van der Waals surface area contributed by atoms with Gasteiger partial charge in [0.25, 0.3) is 0 Å². The van der Waals surface area contributed by atoms with E-state index in [1.165, 1.54) is 0 Å². The lowest BCUT2D eigenvalue weighted by Gasteiger charge is -2.02. The molecule has 62 valence electrons. The van der Waals surface area contributed by atoms with Crippen molar-refractivity contribution in [2.45, 2.75) is 31.2 Å². The molecule has 0 aliphatic rings. The Kier molecular flexibility index (Phi) is 3.00. The number of nitrogens with zero attached hydrogens (tertiary/aromatic N) is 1. The molecule has 0 saturated carbocycles. The molecule has 0 aromatic carbocycles. The van der Waals surface area contributed by atoms with Crippen LogP contribution in [0.3, 0.4) is 0 Å². The van der Waals surface area contributed by atoms with Crippen molar-refractivity contribution >= 4 is 11.8 Å². The highest BCUT2D eigenvalue weighted by Crippen LogP contribution is 2.18. The fourth-order valence-electron chi connectivity index (χ4n) is 0.866. The van der Waals surface area contributed by atoms with Gasteiger partial charge >= 0.3 is 0 Å². The molecule has 0 aliphatic heterocycles. The Morgan fingerprint density at radius 2 is 2.45 bits per heavy atom. The summed E-state index contributed by atoms with van der Waals surface area (Å²) in [5.41, 5.74) is 0. The van der Waals surface area contributed by atoms with Crippen LogP contribution in [-0.4, -0.2) is 16.2 Å². The second kappa shape index (κ2) is 3.81. The minimum Gasteiger partial charge on any atom is -0.337 e. The van der Waals surface area contributed by atoms with E-state index in [2.05, 4.69) is 23.8 Å². The number of hydrogen-bond donors (Lipinski definition) is 1. The molecule has 1 aromatic rings. The van der Waals surface area contributed by atoms with Gasteiger partial charge < -0.3 is 4.98 Å². The second-order valence-corrected chi connectivity index (χ2v) is 3.49. The van der Waals surface area contributed by atoms with Crippen molar-refractivity contribution in [1.29, 1.82) is 0 Å². The lowest BCUT2D eigenvalue weighted by molar-refractivity contribution is 0.686. The van der Waals surface area contributed by atoms with Gasteiger partial charge in [-0.3, -0.25) is 0 Å². The van der Waals surface area contributed by atoms with E-state index in [0.29, 0.717) is 5.92 Å². The van der Waals surface area contributed by atoms with Crippen LogP contribution in [0.25, 0.3) is 0 Å². The molecule has 0 amide bonds. The average Bonchev–Trinajstić information content (AvgIpc) is 2.50. The molecular formula is C8H14N2S. The van der Waals surface area contributed by atoms with E-state index in [4.69, 9.17) is 0 Å². The Morgan fingerprint density at radius 1 is 1.73 bits per heavy atom. The van der Waals surface area contributed by atoms with Crippen LogP contribution < -0.4 is 0 Å². The summed E-state index contributed by atoms with van der Waals surface area (Å²) in [6.45, 7) is 4.36. The predicted octanol–water partition coefficient (Wildman–Crippen LogP) is 2.65. The summed E-state index contributed by atoms with van der Waals surface area (Å²) < 4.78 is 0. The van der Waals surface area contributed by atoms with Gasteiger partial charge in [-0.1, -0.05) is 13.8 Å². The molecule has 2 nitrogen and oxygen atoms in total. The summed E-state index contributed by atoms with van der Waals surface area (Å²) in [7, 11) is 0. The highest BCUT2D eigenvalue weighted by Gasteiger charge is 2.05. The van der Waals surface area contributed by atoms with E-state index in [1.54, 1.807) is 11.8 Å². The zero-order chi connectivity index (χ0) is 8.27. The standard InChI is InChI=1S/C8H14N2S/c1-4-6(2)8-9-5-7(10-8)11-3/h5-6H,4H2,1-3H3,(H,9,10). The first-order valence-electron chi connectivity index (χ1n) is 3.86. The molecule has 3 heteroatoms. The van der Waals surface area contributed by atoms with E-state index in [-0.39, 0.29) is 0 Å². The SMILES string of the molecule is CCC(C)c1ncc(SC)[nH]1. The summed E-state index contributed by atoms with van der Waals surface area (Å²) in [5.74, 6) is 1.66. The molecule has 1 aromatic heterocycles. The molecular weight excluding hydrogens is 156 g/mol. The third-order valence-corrected chi connectivity index (χ3v) is 2.52. The first kappa shape index (κ1) is 8.65. The van der Waals surface area contributed by atoms with E-state index in [0.717, 1.165) is 17.3 Å². The maximum atomic E-state index is 4.28. The number of aromatic nitrogens is 2. The third kappa shape index (κ3) is 1.99. The first-order valence-corrected chi connectivity index (χ1v) is 5.09. The van der Waals surface area contributed by atoms with Crippen molar-refractivity contribution in [1.82, 2.24) is 9.97 Å². The van der Waals surface area contributed by atoms with Gasteiger partial charge in [0.05, 0.1) is 11.2 Å². The maximum Gasteiger partial charge on any atom is 0.109 e. The lowest BCUT2D eigenvalue weighted by Crippen LogP contribution is -1.93. The monoisotopic (exact) mass is 170 g/mol. The number of thioether (sulfide) groups is 1.